The van der Waals surface area contributed by atoms with Gasteiger partial charge in [0, 0.05) is 10.7 Å². The Hall–Kier alpha value is 0.440. The summed E-state index contributed by atoms with van der Waals surface area (Å²) in [5.41, 5.74) is 0.399. The second kappa shape index (κ2) is 4.28. The summed E-state index contributed by atoms with van der Waals surface area (Å²) in [5, 5.41) is 0.830. The first kappa shape index (κ1) is 14.5. The number of thioether (sulfide) groups is 1. The zero-order chi connectivity index (χ0) is 12.8. The monoisotopic (exact) mass is 260 g/mol. The van der Waals surface area contributed by atoms with Crippen LogP contribution in [0.25, 0.3) is 0 Å². The van der Waals surface area contributed by atoms with Gasteiger partial charge in [-0.2, -0.15) is 11.8 Å². The van der Waals surface area contributed by atoms with Gasteiger partial charge in [0.25, 0.3) is 0 Å². The molecule has 0 aromatic carbocycles. The van der Waals surface area contributed by atoms with Crippen LogP contribution in [-0.4, -0.2) is 34.5 Å². The van der Waals surface area contributed by atoms with E-state index >= 15 is 0 Å². The molecule has 0 spiro atoms. The summed E-state index contributed by atoms with van der Waals surface area (Å²) in [6.07, 6.45) is 9.46. The number of allylic oxidation sites excluding steroid dienone is 1. The Kier molecular flexibility index (Phi) is 3.88. The Morgan fingerprint density at radius 2 is 1.94 bits per heavy atom. The zero-order valence-electron chi connectivity index (χ0n) is 12.0. The van der Waals surface area contributed by atoms with Gasteiger partial charge in [-0.15, -0.1) is 6.58 Å². The van der Waals surface area contributed by atoms with Crippen molar-refractivity contribution >= 4 is 21.8 Å². The summed E-state index contributed by atoms with van der Waals surface area (Å²) < 4.78 is 0.449. The van der Waals surface area contributed by atoms with Crippen LogP contribution in [0.4, 0.5) is 0 Å². The Morgan fingerprint density at radius 3 is 2.31 bits per heavy atom. The molecule has 1 aliphatic rings. The fourth-order valence-electron chi connectivity index (χ4n) is 3.56. The highest BCUT2D eigenvalue weighted by Gasteiger charge is 2.64. The molecule has 16 heavy (non-hydrogen) atoms. The molecule has 0 aliphatic carbocycles. The van der Waals surface area contributed by atoms with E-state index in [0.29, 0.717) is 16.1 Å². The molecule has 0 nitrogen and oxygen atoms in total. The summed E-state index contributed by atoms with van der Waals surface area (Å²) in [6.45, 7) is 13.9. The van der Waals surface area contributed by atoms with Gasteiger partial charge in [0.05, 0.1) is 0 Å². The molecular formula is C14H28S2. The molecule has 1 heterocycles. The maximum atomic E-state index is 4.07. The number of hydrogen-bond donors (Lipinski definition) is 0. The minimum absolute atomic E-state index is 0.399. The van der Waals surface area contributed by atoms with Crippen LogP contribution in [-0.2, 0) is 0 Å². The van der Waals surface area contributed by atoms with Crippen molar-refractivity contribution in [3.05, 3.63) is 12.7 Å². The van der Waals surface area contributed by atoms with E-state index in [1.165, 1.54) is 5.75 Å². The van der Waals surface area contributed by atoms with Gasteiger partial charge < -0.3 is 0 Å². The van der Waals surface area contributed by atoms with Crippen molar-refractivity contribution < 1.29 is 0 Å². The van der Waals surface area contributed by atoms with Crippen molar-refractivity contribution in [3.63, 3.8) is 0 Å². The second-order valence-electron chi connectivity index (χ2n) is 6.30. The molecule has 3 unspecified atom stereocenters. The highest BCUT2D eigenvalue weighted by molar-refractivity contribution is 8.35. The SMILES string of the molecule is C=CC1C(C)S(C)(C)C1(C)C(C)(C)CSC. The van der Waals surface area contributed by atoms with E-state index in [-0.39, 0.29) is 0 Å². The lowest BCUT2D eigenvalue weighted by Crippen LogP contribution is -2.65. The first-order valence-electron chi connectivity index (χ1n) is 6.00. The molecular weight excluding hydrogens is 232 g/mol. The topological polar surface area (TPSA) is 0 Å². The van der Waals surface area contributed by atoms with Gasteiger partial charge in [0.2, 0.25) is 0 Å². The van der Waals surface area contributed by atoms with Crippen LogP contribution in [0.1, 0.15) is 27.7 Å². The molecule has 0 aromatic rings. The van der Waals surface area contributed by atoms with Crippen molar-refractivity contribution in [2.75, 3.05) is 24.5 Å². The molecule has 2 heteroatoms. The normalized spacial score (nSPS) is 39.9. The fourth-order valence-corrected chi connectivity index (χ4v) is 8.84. The van der Waals surface area contributed by atoms with Gasteiger partial charge in [-0.1, -0.05) is 33.8 Å². The van der Waals surface area contributed by atoms with E-state index < -0.39 is 10.0 Å². The molecule has 1 rings (SSSR count). The highest BCUT2D eigenvalue weighted by Crippen LogP contribution is 2.77. The first-order chi connectivity index (χ1) is 7.16. The molecule has 1 fully saturated rings. The smallest absolute Gasteiger partial charge is 0.0104 e. The minimum atomic E-state index is -0.526. The Balaban J connectivity index is 3.11. The Bertz CT molecular complexity index is 280. The summed E-state index contributed by atoms with van der Waals surface area (Å²) in [5.74, 6) is 1.94. The van der Waals surface area contributed by atoms with Crippen LogP contribution in [0.15, 0.2) is 12.7 Å². The highest BCUT2D eigenvalue weighted by atomic mass is 32.3. The van der Waals surface area contributed by atoms with Crippen LogP contribution < -0.4 is 0 Å². The summed E-state index contributed by atoms with van der Waals surface area (Å²) in [4.78, 5) is 0. The molecule has 0 aromatic heterocycles. The Morgan fingerprint density at radius 1 is 1.44 bits per heavy atom. The van der Waals surface area contributed by atoms with Gasteiger partial charge in [-0.05, 0) is 35.2 Å². The third kappa shape index (κ3) is 1.59. The quantitative estimate of drug-likeness (QED) is 0.675. The van der Waals surface area contributed by atoms with E-state index in [0.717, 1.165) is 5.25 Å². The molecule has 0 bridgehead atoms. The molecule has 1 saturated heterocycles. The number of rotatable bonds is 4. The van der Waals surface area contributed by atoms with Crippen molar-refractivity contribution in [2.45, 2.75) is 37.7 Å². The van der Waals surface area contributed by atoms with E-state index in [9.17, 15) is 0 Å². The maximum absolute atomic E-state index is 4.07. The van der Waals surface area contributed by atoms with Gasteiger partial charge >= 0.3 is 0 Å². The predicted molar refractivity (Wildman–Crippen MR) is 83.2 cm³/mol. The van der Waals surface area contributed by atoms with Gasteiger partial charge in [0.1, 0.15) is 0 Å². The third-order valence-corrected chi connectivity index (χ3v) is 11.4. The average Bonchev–Trinajstić information content (AvgIpc) is 2.17. The standard InChI is InChI=1S/C14H28S2/c1-9-12-11(2)16(7,8)14(12,5)13(3,4)10-15-6/h9,11-12H,1,10H2,2-8H3. The van der Waals surface area contributed by atoms with Crippen LogP contribution in [0.2, 0.25) is 0 Å². The van der Waals surface area contributed by atoms with Crippen LogP contribution >= 0.6 is 21.8 Å². The lowest BCUT2D eigenvalue weighted by Gasteiger charge is -2.74. The second-order valence-corrected chi connectivity index (χ2v) is 11.6. The van der Waals surface area contributed by atoms with Crippen LogP contribution in [0, 0.1) is 11.3 Å². The fraction of sp³-hybridized carbons (Fsp3) is 0.857. The third-order valence-electron chi connectivity index (χ3n) is 5.27. The maximum Gasteiger partial charge on any atom is 0.0104 e. The predicted octanol–water partition coefficient (Wildman–Crippen LogP) is 4.40. The lowest BCUT2D eigenvalue weighted by atomic mass is 9.71. The van der Waals surface area contributed by atoms with E-state index in [1.807, 2.05) is 11.8 Å². The molecule has 0 amide bonds. The van der Waals surface area contributed by atoms with Gasteiger partial charge in [-0.25, -0.2) is 10.0 Å². The van der Waals surface area contributed by atoms with Gasteiger partial charge in [0.15, 0.2) is 0 Å². The van der Waals surface area contributed by atoms with Gasteiger partial charge in [-0.3, -0.25) is 0 Å². The molecule has 3 atom stereocenters. The zero-order valence-corrected chi connectivity index (χ0v) is 13.6. The van der Waals surface area contributed by atoms with Crippen molar-refractivity contribution in [1.29, 1.82) is 0 Å². The largest absolute Gasteiger partial charge is 0.237 e. The Labute approximate surface area is 108 Å². The van der Waals surface area contributed by atoms with Crippen molar-refractivity contribution in [2.24, 2.45) is 11.3 Å². The number of hydrogen-bond acceptors (Lipinski definition) is 1. The molecule has 96 valence electrons. The van der Waals surface area contributed by atoms with E-state index in [1.54, 1.807) is 0 Å². The van der Waals surface area contributed by atoms with Crippen molar-refractivity contribution in [3.8, 4) is 0 Å². The minimum Gasteiger partial charge on any atom is -0.237 e. The average molecular weight is 261 g/mol. The summed E-state index contributed by atoms with van der Waals surface area (Å²) >= 11 is 1.98. The van der Waals surface area contributed by atoms with E-state index in [4.69, 9.17) is 0 Å². The molecule has 0 N–H and O–H groups in total. The molecule has 0 radical (unpaired) electrons. The first-order valence-corrected chi connectivity index (χ1v) is 9.90. The lowest BCUT2D eigenvalue weighted by molar-refractivity contribution is 0.215. The van der Waals surface area contributed by atoms with Crippen LogP contribution in [0.3, 0.4) is 0 Å². The summed E-state index contributed by atoms with van der Waals surface area (Å²) in [6, 6.07) is 0. The summed E-state index contributed by atoms with van der Waals surface area (Å²) in [7, 11) is -0.526. The molecule has 0 saturated carbocycles. The van der Waals surface area contributed by atoms with E-state index in [2.05, 4.69) is 59.1 Å². The van der Waals surface area contributed by atoms with Crippen molar-refractivity contribution in [1.82, 2.24) is 0 Å². The van der Waals surface area contributed by atoms with Crippen LogP contribution in [0.5, 0.6) is 0 Å². The molecule has 1 aliphatic heterocycles.